The first kappa shape index (κ1) is 18.6. The number of benzene rings is 2. The Balaban J connectivity index is 1.74. The van der Waals surface area contributed by atoms with Crippen molar-refractivity contribution in [3.05, 3.63) is 74.6 Å². The number of aryl methyl sites for hydroxylation is 1. The van der Waals surface area contributed by atoms with Gasteiger partial charge in [0.25, 0.3) is 11.1 Å². The van der Waals surface area contributed by atoms with E-state index in [1.54, 1.807) is 30.3 Å². The van der Waals surface area contributed by atoms with Gasteiger partial charge in [-0.15, -0.1) is 0 Å². The highest BCUT2D eigenvalue weighted by atomic mass is 79.9. The summed E-state index contributed by atoms with van der Waals surface area (Å²) in [5.41, 5.74) is 2.52. The quantitative estimate of drug-likeness (QED) is 0.499. The third kappa shape index (κ3) is 4.14. The SMILES string of the molecule is CCc1ccc(/C=C2\SC(=O)N(CC(=O)c3ccc(Br)cc3)C2=O)cc1. The van der Waals surface area contributed by atoms with E-state index >= 15 is 0 Å². The molecule has 1 heterocycles. The average molecular weight is 430 g/mol. The fraction of sp³-hybridized carbons (Fsp3) is 0.150. The summed E-state index contributed by atoms with van der Waals surface area (Å²) in [6, 6.07) is 14.6. The zero-order chi connectivity index (χ0) is 18.7. The molecule has 0 N–H and O–H groups in total. The van der Waals surface area contributed by atoms with Gasteiger partial charge < -0.3 is 0 Å². The number of nitrogens with zero attached hydrogens (tertiary/aromatic N) is 1. The number of rotatable bonds is 5. The van der Waals surface area contributed by atoms with Crippen molar-refractivity contribution in [3.63, 3.8) is 0 Å². The Morgan fingerprint density at radius 3 is 2.35 bits per heavy atom. The zero-order valence-corrected chi connectivity index (χ0v) is 16.5. The molecule has 1 aliphatic heterocycles. The van der Waals surface area contributed by atoms with E-state index in [0.29, 0.717) is 10.5 Å². The van der Waals surface area contributed by atoms with Gasteiger partial charge in [0.2, 0.25) is 0 Å². The molecule has 2 aromatic rings. The summed E-state index contributed by atoms with van der Waals surface area (Å²) in [6.07, 6.45) is 2.63. The Hall–Kier alpha value is -2.18. The first-order valence-corrected chi connectivity index (χ1v) is 9.72. The third-order valence-corrected chi connectivity index (χ3v) is 5.46. The number of thioether (sulfide) groups is 1. The van der Waals surface area contributed by atoms with E-state index < -0.39 is 11.1 Å². The van der Waals surface area contributed by atoms with Gasteiger partial charge in [0.05, 0.1) is 11.4 Å². The second-order valence-electron chi connectivity index (χ2n) is 5.79. The third-order valence-electron chi connectivity index (χ3n) is 4.03. The Morgan fingerprint density at radius 2 is 1.73 bits per heavy atom. The Morgan fingerprint density at radius 1 is 1.08 bits per heavy atom. The molecule has 2 amide bonds. The Bertz CT molecular complexity index is 888. The summed E-state index contributed by atoms with van der Waals surface area (Å²) in [6.45, 7) is 1.82. The molecule has 0 saturated carbocycles. The molecule has 2 aromatic carbocycles. The molecule has 3 rings (SSSR count). The lowest BCUT2D eigenvalue weighted by molar-refractivity contribution is -0.122. The van der Waals surface area contributed by atoms with Crippen molar-refractivity contribution in [1.29, 1.82) is 0 Å². The molecule has 0 aromatic heterocycles. The van der Waals surface area contributed by atoms with E-state index in [1.165, 1.54) is 5.56 Å². The lowest BCUT2D eigenvalue weighted by atomic mass is 10.1. The number of amides is 2. The maximum absolute atomic E-state index is 12.5. The highest BCUT2D eigenvalue weighted by Gasteiger charge is 2.36. The molecule has 0 aliphatic carbocycles. The van der Waals surface area contributed by atoms with Crippen LogP contribution in [0.25, 0.3) is 6.08 Å². The monoisotopic (exact) mass is 429 g/mol. The molecule has 132 valence electrons. The number of hydrogen-bond donors (Lipinski definition) is 0. The number of carbonyl (C=O) groups is 3. The van der Waals surface area contributed by atoms with Crippen LogP contribution in [0.1, 0.15) is 28.4 Å². The molecule has 6 heteroatoms. The first-order chi connectivity index (χ1) is 12.5. The van der Waals surface area contributed by atoms with Crippen LogP contribution in [0.5, 0.6) is 0 Å². The standard InChI is InChI=1S/C20H16BrNO3S/c1-2-13-3-5-14(6-4-13)11-18-19(24)22(20(25)26-18)12-17(23)15-7-9-16(21)10-8-15/h3-11H,2,12H2,1H3/b18-11-. The summed E-state index contributed by atoms with van der Waals surface area (Å²) in [5.74, 6) is -0.696. The highest BCUT2D eigenvalue weighted by molar-refractivity contribution is 9.10. The minimum atomic E-state index is -0.426. The normalized spacial score (nSPS) is 15.8. The van der Waals surface area contributed by atoms with Gasteiger partial charge in [-0.1, -0.05) is 59.3 Å². The van der Waals surface area contributed by atoms with Crippen molar-refractivity contribution in [2.24, 2.45) is 0 Å². The van der Waals surface area contributed by atoms with Crippen molar-refractivity contribution in [2.75, 3.05) is 6.54 Å². The molecule has 1 fully saturated rings. The molecule has 0 spiro atoms. The Kier molecular flexibility index (Phi) is 5.74. The summed E-state index contributed by atoms with van der Waals surface area (Å²) in [7, 11) is 0. The van der Waals surface area contributed by atoms with E-state index in [4.69, 9.17) is 0 Å². The van der Waals surface area contributed by atoms with Gasteiger partial charge in [0.1, 0.15) is 0 Å². The molecule has 26 heavy (non-hydrogen) atoms. The van der Waals surface area contributed by atoms with Gasteiger partial charge in [-0.3, -0.25) is 19.3 Å². The maximum atomic E-state index is 12.5. The summed E-state index contributed by atoms with van der Waals surface area (Å²) >= 11 is 4.17. The molecule has 0 unspecified atom stereocenters. The van der Waals surface area contributed by atoms with Gasteiger partial charge in [-0.2, -0.15) is 0 Å². The number of ketones is 1. The van der Waals surface area contributed by atoms with Crippen LogP contribution < -0.4 is 0 Å². The number of imide groups is 1. The number of Topliss-reactive ketones (excluding diaryl/α,β-unsaturated/α-hetero) is 1. The number of carbonyl (C=O) groups excluding carboxylic acids is 3. The van der Waals surface area contributed by atoms with Crippen molar-refractivity contribution >= 4 is 50.7 Å². The van der Waals surface area contributed by atoms with Gasteiger partial charge in [0, 0.05) is 10.0 Å². The second-order valence-corrected chi connectivity index (χ2v) is 7.70. The minimum absolute atomic E-state index is 0.252. The van der Waals surface area contributed by atoms with E-state index in [9.17, 15) is 14.4 Å². The largest absolute Gasteiger partial charge is 0.293 e. The number of hydrogen-bond acceptors (Lipinski definition) is 4. The first-order valence-electron chi connectivity index (χ1n) is 8.11. The van der Waals surface area contributed by atoms with Gasteiger partial charge in [-0.05, 0) is 47.5 Å². The zero-order valence-electron chi connectivity index (χ0n) is 14.1. The molecule has 0 bridgehead atoms. The van der Waals surface area contributed by atoms with E-state index in [1.807, 2.05) is 24.3 Å². The van der Waals surface area contributed by atoms with Crippen molar-refractivity contribution in [3.8, 4) is 0 Å². The van der Waals surface area contributed by atoms with Crippen LogP contribution in [0.15, 0.2) is 57.9 Å². The van der Waals surface area contributed by atoms with Crippen LogP contribution >= 0.6 is 27.7 Å². The fourth-order valence-electron chi connectivity index (χ4n) is 2.51. The van der Waals surface area contributed by atoms with Crippen LogP contribution in [0.3, 0.4) is 0 Å². The molecule has 1 saturated heterocycles. The highest BCUT2D eigenvalue weighted by Crippen LogP contribution is 2.32. The van der Waals surface area contributed by atoms with E-state index in [-0.39, 0.29) is 12.3 Å². The van der Waals surface area contributed by atoms with Crippen LogP contribution in [0, 0.1) is 0 Å². The minimum Gasteiger partial charge on any atom is -0.292 e. The van der Waals surface area contributed by atoms with Crippen LogP contribution in [-0.2, 0) is 11.2 Å². The lowest BCUT2D eigenvalue weighted by Crippen LogP contribution is -2.33. The van der Waals surface area contributed by atoms with Gasteiger partial charge in [0.15, 0.2) is 5.78 Å². The average Bonchev–Trinajstić information content (AvgIpc) is 2.90. The maximum Gasteiger partial charge on any atom is 0.293 e. The van der Waals surface area contributed by atoms with Gasteiger partial charge >= 0.3 is 0 Å². The number of halogens is 1. The van der Waals surface area contributed by atoms with Crippen molar-refractivity contribution in [2.45, 2.75) is 13.3 Å². The smallest absolute Gasteiger partial charge is 0.292 e. The predicted octanol–water partition coefficient (Wildman–Crippen LogP) is 4.93. The van der Waals surface area contributed by atoms with E-state index in [2.05, 4.69) is 22.9 Å². The predicted molar refractivity (Wildman–Crippen MR) is 107 cm³/mol. The van der Waals surface area contributed by atoms with Crippen LogP contribution in [0.4, 0.5) is 4.79 Å². The molecule has 0 atom stereocenters. The molecular weight excluding hydrogens is 414 g/mol. The molecule has 1 aliphatic rings. The summed E-state index contributed by atoms with van der Waals surface area (Å²) in [5, 5.41) is -0.420. The summed E-state index contributed by atoms with van der Waals surface area (Å²) < 4.78 is 0.859. The molecule has 0 radical (unpaired) electrons. The van der Waals surface area contributed by atoms with Crippen molar-refractivity contribution < 1.29 is 14.4 Å². The molecule has 4 nitrogen and oxygen atoms in total. The van der Waals surface area contributed by atoms with E-state index in [0.717, 1.165) is 33.1 Å². The summed E-state index contributed by atoms with van der Waals surface area (Å²) in [4.78, 5) is 38.4. The second kappa shape index (κ2) is 8.01. The van der Waals surface area contributed by atoms with Crippen LogP contribution in [-0.4, -0.2) is 28.4 Å². The lowest BCUT2D eigenvalue weighted by Gasteiger charge is -2.11. The van der Waals surface area contributed by atoms with Crippen molar-refractivity contribution in [1.82, 2.24) is 4.90 Å². The molecular formula is C20H16BrNO3S. The topological polar surface area (TPSA) is 54.5 Å². The Labute approximate surface area is 164 Å². The van der Waals surface area contributed by atoms with Gasteiger partial charge in [-0.25, -0.2) is 0 Å². The van der Waals surface area contributed by atoms with Crippen LogP contribution in [0.2, 0.25) is 0 Å². The fourth-order valence-corrected chi connectivity index (χ4v) is 3.61.